The van der Waals surface area contributed by atoms with Crippen molar-refractivity contribution >= 4 is 58.8 Å². The molecule has 19 heteroatoms. The van der Waals surface area contributed by atoms with Crippen LogP contribution in [0.4, 0.5) is 0 Å². The highest BCUT2D eigenvalue weighted by atomic mass is 35.5. The molecule has 1 aromatic carbocycles. The number of carboxylic acids is 1. The van der Waals surface area contributed by atoms with Crippen molar-refractivity contribution < 1.29 is 34.1 Å². The van der Waals surface area contributed by atoms with Crippen LogP contribution in [0.25, 0.3) is 0 Å². The normalized spacial score (nSPS) is 18.1. The molecular weight excluding hydrogens is 652 g/mol. The Hall–Kier alpha value is -4.39. The second-order valence-corrected chi connectivity index (χ2v) is 12.1. The number of β-lactam (4-membered cyclic amide) rings is 1. The molecular formula is C26H25ClN8O8S2. The highest BCUT2D eigenvalue weighted by molar-refractivity contribution is 8.01. The van der Waals surface area contributed by atoms with E-state index in [1.165, 1.54) is 28.2 Å². The standard InChI is InChI=1S/C26H25ClN8O8S2/c1-34-26(31-32-33-34)45-11-13-10-44-24-19(23(40)35(24)20(13)25(41)42)30-22(39)18(12-5-3-2-4-6-12)29-16(37)9-43-15-7-28-14(8-36)17(27)21(15)38/h2-7,18-19,24,36H,8-11H2,1H3,(H,28,38)(H,29,37)(H,30,39)(H,41,42)/t18-,19?,24-/m1/s1. The van der Waals surface area contributed by atoms with Gasteiger partial charge in [-0.2, -0.15) is 0 Å². The van der Waals surface area contributed by atoms with E-state index in [2.05, 4.69) is 31.1 Å². The van der Waals surface area contributed by atoms with Gasteiger partial charge in [-0.15, -0.1) is 16.9 Å². The van der Waals surface area contributed by atoms with Crippen molar-refractivity contribution in [1.29, 1.82) is 0 Å². The molecule has 1 saturated heterocycles. The Balaban J connectivity index is 1.27. The number of fused-ring (bicyclic) bond motifs is 1. The van der Waals surface area contributed by atoms with E-state index < -0.39 is 59.8 Å². The molecule has 1 unspecified atom stereocenters. The minimum Gasteiger partial charge on any atom is -0.478 e. The van der Waals surface area contributed by atoms with Crippen LogP contribution in [0.3, 0.4) is 0 Å². The van der Waals surface area contributed by atoms with Gasteiger partial charge in [-0.3, -0.25) is 24.1 Å². The summed E-state index contributed by atoms with van der Waals surface area (Å²) in [5.74, 6) is -3.08. The Morgan fingerprint density at radius 3 is 2.69 bits per heavy atom. The lowest BCUT2D eigenvalue weighted by Gasteiger charge is -2.49. The number of hydrogen-bond acceptors (Lipinski definition) is 12. The summed E-state index contributed by atoms with van der Waals surface area (Å²) in [6, 6.07) is 5.97. The number of aliphatic hydroxyl groups is 1. The first-order chi connectivity index (χ1) is 21.6. The second kappa shape index (κ2) is 13.7. The van der Waals surface area contributed by atoms with E-state index in [0.29, 0.717) is 22.0 Å². The van der Waals surface area contributed by atoms with Gasteiger partial charge in [0.2, 0.25) is 16.5 Å². The number of H-pyrrole nitrogens is 1. The summed E-state index contributed by atoms with van der Waals surface area (Å²) in [5, 5.41) is 35.1. The number of carbonyl (C=O) groups excluding carboxylic acids is 3. The average molecular weight is 677 g/mol. The Labute approximate surface area is 267 Å². The number of aromatic amines is 1. The number of pyridine rings is 1. The van der Waals surface area contributed by atoms with Gasteiger partial charge in [-0.05, 0) is 21.6 Å². The van der Waals surface area contributed by atoms with E-state index >= 15 is 0 Å². The summed E-state index contributed by atoms with van der Waals surface area (Å²) < 4.78 is 6.75. The number of ether oxygens (including phenoxy) is 1. The van der Waals surface area contributed by atoms with E-state index in [0.717, 1.165) is 11.1 Å². The van der Waals surface area contributed by atoms with Crippen molar-refractivity contribution in [3.05, 3.63) is 74.3 Å². The lowest BCUT2D eigenvalue weighted by Crippen LogP contribution is -2.71. The number of halogens is 1. The summed E-state index contributed by atoms with van der Waals surface area (Å²) in [6.07, 6.45) is 1.15. The van der Waals surface area contributed by atoms with Crippen LogP contribution in [-0.2, 0) is 32.8 Å². The molecule has 2 aliphatic heterocycles. The fourth-order valence-corrected chi connectivity index (χ4v) is 7.11. The van der Waals surface area contributed by atoms with Crippen molar-refractivity contribution in [2.75, 3.05) is 18.1 Å². The fraction of sp³-hybridized carbons (Fsp3) is 0.308. The second-order valence-electron chi connectivity index (χ2n) is 9.66. The number of thioether (sulfide) groups is 2. The van der Waals surface area contributed by atoms with E-state index in [9.17, 15) is 34.2 Å². The van der Waals surface area contributed by atoms with Gasteiger partial charge in [0.15, 0.2) is 12.4 Å². The summed E-state index contributed by atoms with van der Waals surface area (Å²) >= 11 is 8.44. The molecule has 1 fully saturated rings. The monoisotopic (exact) mass is 676 g/mol. The number of amides is 3. The van der Waals surface area contributed by atoms with E-state index in [1.54, 1.807) is 37.4 Å². The smallest absolute Gasteiger partial charge is 0.352 e. The molecule has 2 aromatic heterocycles. The molecule has 0 saturated carbocycles. The van der Waals surface area contributed by atoms with Crippen molar-refractivity contribution in [3.63, 3.8) is 0 Å². The zero-order chi connectivity index (χ0) is 32.2. The minimum absolute atomic E-state index is 0.0834. The molecule has 5 N–H and O–H groups in total. The number of nitrogens with zero attached hydrogens (tertiary/aromatic N) is 5. The van der Waals surface area contributed by atoms with Gasteiger partial charge >= 0.3 is 5.97 Å². The molecule has 3 amide bonds. The minimum atomic E-state index is -1.27. The van der Waals surface area contributed by atoms with E-state index in [-0.39, 0.29) is 27.9 Å². The molecule has 45 heavy (non-hydrogen) atoms. The molecule has 0 bridgehead atoms. The highest BCUT2D eigenvalue weighted by Gasteiger charge is 2.54. The van der Waals surface area contributed by atoms with Crippen molar-refractivity contribution in [3.8, 4) is 5.75 Å². The maximum Gasteiger partial charge on any atom is 0.352 e. The number of carboxylic acid groups (broad SMARTS) is 1. The first-order valence-electron chi connectivity index (χ1n) is 13.1. The third-order valence-electron chi connectivity index (χ3n) is 6.79. The van der Waals surface area contributed by atoms with Crippen molar-refractivity contribution in [2.24, 2.45) is 7.05 Å². The summed E-state index contributed by atoms with van der Waals surface area (Å²) in [5.41, 5.74) is 0.115. The van der Waals surface area contributed by atoms with Gasteiger partial charge in [0.05, 0.1) is 12.3 Å². The number of aliphatic hydroxyl groups excluding tert-OH is 1. The zero-order valence-corrected chi connectivity index (χ0v) is 25.7. The number of hydrogen-bond donors (Lipinski definition) is 5. The third-order valence-corrected chi connectivity index (χ3v) is 9.62. The molecule has 2 aliphatic rings. The maximum absolute atomic E-state index is 13.5. The molecule has 5 rings (SSSR count). The number of aryl methyl sites for hydroxylation is 1. The quantitative estimate of drug-likeness (QED) is 0.124. The van der Waals surface area contributed by atoms with Crippen molar-refractivity contribution in [2.45, 2.75) is 29.2 Å². The zero-order valence-electron chi connectivity index (χ0n) is 23.3. The van der Waals surface area contributed by atoms with Crippen LogP contribution in [-0.4, -0.2) is 93.5 Å². The number of aliphatic carboxylic acids is 1. The van der Waals surface area contributed by atoms with Gasteiger partial charge in [-0.1, -0.05) is 53.7 Å². The predicted octanol–water partition coefficient (Wildman–Crippen LogP) is -0.189. The largest absolute Gasteiger partial charge is 0.478 e. The Bertz CT molecular complexity index is 1730. The van der Waals surface area contributed by atoms with Crippen LogP contribution >= 0.6 is 35.1 Å². The topological polar surface area (TPSA) is 222 Å². The lowest BCUT2D eigenvalue weighted by molar-refractivity contribution is -0.151. The number of rotatable bonds is 12. The molecule has 3 aromatic rings. The number of carbonyl (C=O) groups is 4. The number of aromatic nitrogens is 5. The van der Waals surface area contributed by atoms with Gasteiger partial charge in [0.1, 0.15) is 28.2 Å². The molecule has 4 heterocycles. The highest BCUT2D eigenvalue weighted by Crippen LogP contribution is 2.41. The average Bonchev–Trinajstić information content (AvgIpc) is 3.45. The first kappa shape index (κ1) is 32.0. The third kappa shape index (κ3) is 6.68. The lowest BCUT2D eigenvalue weighted by atomic mass is 10.0. The fourth-order valence-electron chi connectivity index (χ4n) is 4.57. The van der Waals surface area contributed by atoms with Crippen molar-refractivity contribution in [1.82, 2.24) is 40.7 Å². The number of benzene rings is 1. The van der Waals surface area contributed by atoms with Crippen LogP contribution < -0.4 is 20.8 Å². The number of tetrazole rings is 1. The van der Waals surface area contributed by atoms with Gasteiger partial charge < -0.3 is 30.6 Å². The van der Waals surface area contributed by atoms with Crippen LogP contribution in [0, 0.1) is 0 Å². The van der Waals surface area contributed by atoms with Crippen LogP contribution in [0.15, 0.2) is 57.7 Å². The Morgan fingerprint density at radius 2 is 2.02 bits per heavy atom. The molecule has 236 valence electrons. The van der Waals surface area contributed by atoms with Crippen LogP contribution in [0.2, 0.25) is 5.02 Å². The Morgan fingerprint density at radius 1 is 1.27 bits per heavy atom. The number of nitrogens with one attached hydrogen (secondary N) is 3. The Kier molecular flexibility index (Phi) is 9.76. The summed E-state index contributed by atoms with van der Waals surface area (Å²) in [6.45, 7) is -1.15. The first-order valence-corrected chi connectivity index (χ1v) is 15.6. The predicted molar refractivity (Wildman–Crippen MR) is 160 cm³/mol. The maximum atomic E-state index is 13.5. The molecule has 16 nitrogen and oxygen atoms in total. The molecule has 0 spiro atoms. The van der Waals surface area contributed by atoms with Gasteiger partial charge in [0, 0.05) is 24.8 Å². The molecule has 0 radical (unpaired) electrons. The van der Waals surface area contributed by atoms with E-state index in [4.69, 9.17) is 16.3 Å². The molecule has 3 atom stereocenters. The summed E-state index contributed by atoms with van der Waals surface area (Å²) in [4.78, 5) is 67.9. The van der Waals surface area contributed by atoms with Gasteiger partial charge in [0.25, 0.3) is 11.8 Å². The van der Waals surface area contributed by atoms with Crippen LogP contribution in [0.1, 0.15) is 17.3 Å². The SMILES string of the molecule is Cn1nnnc1SCC1=C(C(=O)O)N2C(=O)C(NC(=O)[C@H](NC(=O)COc3c[nH]c(CO)c(Cl)c3=O)c3ccccc3)[C@H]2SC1. The summed E-state index contributed by atoms with van der Waals surface area (Å²) in [7, 11) is 1.65. The van der Waals surface area contributed by atoms with E-state index in [1.807, 2.05) is 0 Å². The van der Waals surface area contributed by atoms with Crippen LogP contribution in [0.5, 0.6) is 5.75 Å². The molecule has 0 aliphatic carbocycles. The van der Waals surface area contributed by atoms with Gasteiger partial charge in [-0.25, -0.2) is 9.48 Å².